The Balaban J connectivity index is 2.15. The quantitative estimate of drug-likeness (QED) is 0.565. The Bertz CT molecular complexity index is 747. The molecule has 0 saturated carbocycles. The molecule has 0 unspecified atom stereocenters. The Kier molecular flexibility index (Phi) is 3.41. The van der Waals surface area contributed by atoms with Gasteiger partial charge >= 0.3 is 0 Å². The third-order valence-corrected chi connectivity index (χ3v) is 3.25. The normalized spacial score (nSPS) is 10.5. The molecule has 1 heterocycles. The molecule has 0 aliphatic heterocycles. The van der Waals surface area contributed by atoms with E-state index < -0.39 is 0 Å². The second-order valence-electron chi connectivity index (χ2n) is 4.19. The number of hydrogen-bond donors (Lipinski definition) is 2. The Morgan fingerprint density at radius 3 is 2.60 bits per heavy atom. The number of halogens is 1. The number of pyridine rings is 1. The van der Waals surface area contributed by atoms with E-state index in [0.29, 0.717) is 22.0 Å². The first-order chi connectivity index (χ1) is 9.79. The smallest absolute Gasteiger partial charge is 0.153 e. The molecule has 0 amide bonds. The van der Waals surface area contributed by atoms with Crippen molar-refractivity contribution in [1.82, 2.24) is 4.98 Å². The fourth-order valence-electron chi connectivity index (χ4n) is 2.02. The predicted octanol–water partition coefficient (Wildman–Crippen LogP) is 3.97. The number of aromatic nitrogens is 1. The molecular formula is C15H12ClN3O. The number of nitrogens with one attached hydrogen (secondary N) is 1. The molecule has 0 spiro atoms. The Hall–Kier alpha value is -2.30. The minimum atomic E-state index is 0.571. The molecular weight excluding hydrogens is 274 g/mol. The maximum absolute atomic E-state index is 6.22. The summed E-state index contributed by atoms with van der Waals surface area (Å²) in [6.07, 6.45) is 1.66. The molecule has 3 rings (SSSR count). The fraction of sp³-hybridized carbons (Fsp3) is 0. The van der Waals surface area contributed by atoms with Crippen molar-refractivity contribution in [2.75, 3.05) is 5.43 Å². The van der Waals surface area contributed by atoms with Gasteiger partial charge in [0.25, 0.3) is 0 Å². The number of benzene rings is 2. The van der Waals surface area contributed by atoms with E-state index >= 15 is 0 Å². The molecule has 2 aromatic carbocycles. The zero-order valence-corrected chi connectivity index (χ0v) is 11.3. The lowest BCUT2D eigenvalue weighted by atomic mass is 10.1. The molecule has 1 aromatic heterocycles. The van der Waals surface area contributed by atoms with Gasteiger partial charge in [0.15, 0.2) is 5.75 Å². The standard InChI is InChI=1S/C15H12ClN3O/c16-11-6-7-13(20-10-4-2-1-3-5-10)15-14(11)12(19-17)8-9-18-15/h1-9H,17H2,(H,18,19). The van der Waals surface area contributed by atoms with Gasteiger partial charge in [0, 0.05) is 11.6 Å². The summed E-state index contributed by atoms with van der Waals surface area (Å²) in [5.74, 6) is 6.88. The van der Waals surface area contributed by atoms with Crippen molar-refractivity contribution in [3.63, 3.8) is 0 Å². The Morgan fingerprint density at radius 2 is 1.85 bits per heavy atom. The number of anilines is 1. The van der Waals surface area contributed by atoms with Gasteiger partial charge < -0.3 is 10.2 Å². The van der Waals surface area contributed by atoms with Crippen LogP contribution in [0.25, 0.3) is 10.9 Å². The van der Waals surface area contributed by atoms with Gasteiger partial charge in [-0.3, -0.25) is 10.8 Å². The maximum Gasteiger partial charge on any atom is 0.153 e. The zero-order valence-electron chi connectivity index (χ0n) is 10.5. The summed E-state index contributed by atoms with van der Waals surface area (Å²) >= 11 is 6.22. The summed E-state index contributed by atoms with van der Waals surface area (Å²) < 4.78 is 5.86. The van der Waals surface area contributed by atoms with E-state index in [0.717, 1.165) is 11.1 Å². The molecule has 100 valence electrons. The third-order valence-electron chi connectivity index (χ3n) is 2.93. The van der Waals surface area contributed by atoms with Crippen LogP contribution in [0.5, 0.6) is 11.5 Å². The lowest BCUT2D eigenvalue weighted by molar-refractivity contribution is 0.487. The molecule has 4 nitrogen and oxygen atoms in total. The van der Waals surface area contributed by atoms with E-state index in [1.54, 1.807) is 24.4 Å². The second-order valence-corrected chi connectivity index (χ2v) is 4.59. The molecule has 3 N–H and O–H groups in total. The number of hydrazine groups is 1. The van der Waals surface area contributed by atoms with Crippen molar-refractivity contribution in [2.24, 2.45) is 5.84 Å². The predicted molar refractivity (Wildman–Crippen MR) is 81.1 cm³/mol. The monoisotopic (exact) mass is 285 g/mol. The minimum absolute atomic E-state index is 0.571. The molecule has 20 heavy (non-hydrogen) atoms. The minimum Gasteiger partial charge on any atom is -0.455 e. The van der Waals surface area contributed by atoms with Gasteiger partial charge in [-0.15, -0.1) is 0 Å². The Morgan fingerprint density at radius 1 is 1.05 bits per heavy atom. The highest BCUT2D eigenvalue weighted by atomic mass is 35.5. The molecule has 3 aromatic rings. The molecule has 0 saturated heterocycles. The van der Waals surface area contributed by atoms with Crippen molar-refractivity contribution >= 4 is 28.2 Å². The van der Waals surface area contributed by atoms with Crippen molar-refractivity contribution < 1.29 is 4.74 Å². The first kappa shape index (κ1) is 12.7. The van der Waals surface area contributed by atoms with Crippen LogP contribution in [0.4, 0.5) is 5.69 Å². The van der Waals surface area contributed by atoms with Gasteiger partial charge in [0.05, 0.1) is 10.7 Å². The Labute approximate surface area is 121 Å². The van der Waals surface area contributed by atoms with Crippen LogP contribution in [0.3, 0.4) is 0 Å². The van der Waals surface area contributed by atoms with Crippen LogP contribution in [-0.4, -0.2) is 4.98 Å². The molecule has 0 fully saturated rings. The van der Waals surface area contributed by atoms with Crippen LogP contribution in [0, 0.1) is 0 Å². The average molecular weight is 286 g/mol. The molecule has 0 radical (unpaired) electrons. The number of fused-ring (bicyclic) bond motifs is 1. The first-order valence-corrected chi connectivity index (χ1v) is 6.44. The van der Waals surface area contributed by atoms with Crippen LogP contribution in [-0.2, 0) is 0 Å². The van der Waals surface area contributed by atoms with E-state index in [1.165, 1.54) is 0 Å². The topological polar surface area (TPSA) is 60.2 Å². The number of nitrogens with two attached hydrogens (primary N) is 1. The first-order valence-electron chi connectivity index (χ1n) is 6.06. The number of para-hydroxylation sites is 1. The summed E-state index contributed by atoms with van der Waals surface area (Å²) in [4.78, 5) is 4.34. The van der Waals surface area contributed by atoms with Crippen LogP contribution in [0.1, 0.15) is 0 Å². The summed E-state index contributed by atoms with van der Waals surface area (Å²) in [5, 5.41) is 1.31. The fourth-order valence-corrected chi connectivity index (χ4v) is 2.27. The molecule has 0 aliphatic carbocycles. The SMILES string of the molecule is NNc1ccnc2c(Oc3ccccc3)ccc(Cl)c12. The summed E-state index contributed by atoms with van der Waals surface area (Å²) in [6.45, 7) is 0. The molecule has 0 bridgehead atoms. The molecule has 5 heteroatoms. The van der Waals surface area contributed by atoms with Crippen LogP contribution in [0.2, 0.25) is 5.02 Å². The highest BCUT2D eigenvalue weighted by Crippen LogP contribution is 2.36. The highest BCUT2D eigenvalue weighted by molar-refractivity contribution is 6.36. The number of nitrogens with zero attached hydrogens (tertiary/aromatic N) is 1. The van der Waals surface area contributed by atoms with Gasteiger partial charge in [0.2, 0.25) is 0 Å². The van der Waals surface area contributed by atoms with Gasteiger partial charge in [0.1, 0.15) is 11.3 Å². The van der Waals surface area contributed by atoms with E-state index in [9.17, 15) is 0 Å². The van der Waals surface area contributed by atoms with E-state index in [1.807, 2.05) is 30.3 Å². The van der Waals surface area contributed by atoms with Gasteiger partial charge in [-0.2, -0.15) is 0 Å². The zero-order chi connectivity index (χ0) is 13.9. The molecule has 0 aliphatic rings. The number of hydrogen-bond acceptors (Lipinski definition) is 4. The number of rotatable bonds is 3. The van der Waals surface area contributed by atoms with E-state index in [4.69, 9.17) is 22.2 Å². The molecule has 0 atom stereocenters. The van der Waals surface area contributed by atoms with Gasteiger partial charge in [-0.1, -0.05) is 29.8 Å². The second kappa shape index (κ2) is 5.36. The summed E-state index contributed by atoms with van der Waals surface area (Å²) in [5.41, 5.74) is 3.99. The third kappa shape index (κ3) is 2.27. The summed E-state index contributed by atoms with van der Waals surface area (Å²) in [7, 11) is 0. The van der Waals surface area contributed by atoms with Gasteiger partial charge in [-0.25, -0.2) is 0 Å². The number of ether oxygens (including phenoxy) is 1. The van der Waals surface area contributed by atoms with Gasteiger partial charge in [-0.05, 0) is 30.3 Å². The van der Waals surface area contributed by atoms with E-state index in [2.05, 4.69) is 10.4 Å². The van der Waals surface area contributed by atoms with Crippen LogP contribution < -0.4 is 16.0 Å². The lowest BCUT2D eigenvalue weighted by Crippen LogP contribution is -2.07. The maximum atomic E-state index is 6.22. The average Bonchev–Trinajstić information content (AvgIpc) is 2.50. The van der Waals surface area contributed by atoms with E-state index in [-0.39, 0.29) is 0 Å². The van der Waals surface area contributed by atoms with Crippen LogP contribution >= 0.6 is 11.6 Å². The van der Waals surface area contributed by atoms with Crippen molar-refractivity contribution in [1.29, 1.82) is 0 Å². The van der Waals surface area contributed by atoms with Crippen molar-refractivity contribution in [2.45, 2.75) is 0 Å². The largest absolute Gasteiger partial charge is 0.455 e. The summed E-state index contributed by atoms with van der Waals surface area (Å²) in [6, 6.07) is 14.8. The van der Waals surface area contributed by atoms with Crippen molar-refractivity contribution in [3.05, 3.63) is 59.8 Å². The highest BCUT2D eigenvalue weighted by Gasteiger charge is 2.11. The van der Waals surface area contributed by atoms with Crippen LogP contribution in [0.15, 0.2) is 54.7 Å². The lowest BCUT2D eigenvalue weighted by Gasteiger charge is -2.11. The van der Waals surface area contributed by atoms with Crippen molar-refractivity contribution in [3.8, 4) is 11.5 Å². The number of nitrogen functional groups attached to an aromatic ring is 1.